The summed E-state index contributed by atoms with van der Waals surface area (Å²) in [6.07, 6.45) is 1.62. The van der Waals surface area contributed by atoms with Gasteiger partial charge in [0.1, 0.15) is 0 Å². The number of sulfonamides is 1. The van der Waals surface area contributed by atoms with Crippen LogP contribution in [0.15, 0.2) is 33.8 Å². The van der Waals surface area contributed by atoms with Crippen LogP contribution in [0.5, 0.6) is 0 Å². The molecule has 0 fully saturated rings. The van der Waals surface area contributed by atoms with Crippen LogP contribution in [0.1, 0.15) is 16.8 Å². The average molecular weight is 373 g/mol. The molecule has 2 rings (SSSR count). The van der Waals surface area contributed by atoms with Crippen molar-refractivity contribution in [2.45, 2.75) is 24.9 Å². The van der Waals surface area contributed by atoms with Crippen LogP contribution in [0.4, 0.5) is 0 Å². The summed E-state index contributed by atoms with van der Waals surface area (Å²) in [5.41, 5.74) is 2.57. The number of rotatable bonds is 6. The predicted molar refractivity (Wildman–Crippen MR) is 84.3 cm³/mol. The summed E-state index contributed by atoms with van der Waals surface area (Å²) in [5.74, 6) is 0. The number of H-pyrrole nitrogens is 1. The van der Waals surface area contributed by atoms with Gasteiger partial charge in [-0.15, -0.1) is 0 Å². The summed E-state index contributed by atoms with van der Waals surface area (Å²) >= 11 is 3.29. The lowest BCUT2D eigenvalue weighted by Crippen LogP contribution is -2.24. The fourth-order valence-electron chi connectivity index (χ4n) is 1.87. The minimum atomic E-state index is -3.59. The second-order valence-corrected chi connectivity index (χ2v) is 7.23. The molecule has 0 radical (unpaired) electrons. The zero-order valence-electron chi connectivity index (χ0n) is 11.8. The Balaban J connectivity index is 2.22. The Morgan fingerprint density at radius 2 is 2.10 bits per heavy atom. The number of aromatic nitrogens is 2. The van der Waals surface area contributed by atoms with Gasteiger partial charge in [-0.1, -0.05) is 6.07 Å². The minimum absolute atomic E-state index is 0.202. The molecule has 0 amide bonds. The molecule has 0 saturated heterocycles. The molecule has 114 valence electrons. The third kappa shape index (κ3) is 3.91. The molecule has 1 aromatic heterocycles. The molecule has 0 aliphatic heterocycles. The third-order valence-corrected chi connectivity index (χ3v) is 5.45. The maximum Gasteiger partial charge on any atom is 0.242 e. The van der Waals surface area contributed by atoms with Gasteiger partial charge in [0.25, 0.3) is 0 Å². The van der Waals surface area contributed by atoms with E-state index in [9.17, 15) is 8.42 Å². The SMILES string of the molecule is CNCc1ccc(Br)c(S(=O)(=O)NCc2cn[nH]c2C)c1. The molecule has 1 heterocycles. The largest absolute Gasteiger partial charge is 0.316 e. The van der Waals surface area contributed by atoms with Gasteiger partial charge in [0, 0.05) is 28.8 Å². The number of halogens is 1. The van der Waals surface area contributed by atoms with E-state index in [-0.39, 0.29) is 11.4 Å². The zero-order chi connectivity index (χ0) is 15.5. The fourth-order valence-corrected chi connectivity index (χ4v) is 3.89. The van der Waals surface area contributed by atoms with Crippen molar-refractivity contribution >= 4 is 26.0 Å². The molecule has 0 aliphatic rings. The van der Waals surface area contributed by atoms with Gasteiger partial charge < -0.3 is 5.32 Å². The minimum Gasteiger partial charge on any atom is -0.316 e. The first-order valence-corrected chi connectivity index (χ1v) is 8.63. The van der Waals surface area contributed by atoms with E-state index in [4.69, 9.17) is 0 Å². The molecule has 8 heteroatoms. The van der Waals surface area contributed by atoms with Gasteiger partial charge in [-0.05, 0) is 47.6 Å². The third-order valence-electron chi connectivity index (χ3n) is 3.05. The van der Waals surface area contributed by atoms with Gasteiger partial charge in [0.05, 0.1) is 11.1 Å². The highest BCUT2D eigenvalue weighted by Crippen LogP contribution is 2.23. The standard InChI is InChI=1S/C13H17BrN4O2S/c1-9-11(7-16-18-9)8-17-21(19,20)13-5-10(6-15-2)3-4-12(13)14/h3-5,7,15,17H,6,8H2,1-2H3,(H,16,18). The highest BCUT2D eigenvalue weighted by atomic mass is 79.9. The number of aromatic amines is 1. The summed E-state index contributed by atoms with van der Waals surface area (Å²) in [6, 6.07) is 5.27. The van der Waals surface area contributed by atoms with Gasteiger partial charge in [0.15, 0.2) is 0 Å². The highest BCUT2D eigenvalue weighted by Gasteiger charge is 2.18. The molecule has 0 unspecified atom stereocenters. The quantitative estimate of drug-likeness (QED) is 0.719. The second kappa shape index (κ2) is 6.69. The van der Waals surface area contributed by atoms with Crippen molar-refractivity contribution in [3.05, 3.63) is 45.7 Å². The van der Waals surface area contributed by atoms with Gasteiger partial charge in [0.2, 0.25) is 10.0 Å². The van der Waals surface area contributed by atoms with Crippen LogP contribution >= 0.6 is 15.9 Å². The van der Waals surface area contributed by atoms with Crippen molar-refractivity contribution in [3.8, 4) is 0 Å². The first kappa shape index (κ1) is 16.2. The molecule has 6 nitrogen and oxygen atoms in total. The summed E-state index contributed by atoms with van der Waals surface area (Å²) in [6.45, 7) is 2.66. The van der Waals surface area contributed by atoms with E-state index in [0.29, 0.717) is 11.0 Å². The summed E-state index contributed by atoms with van der Waals surface area (Å²) in [4.78, 5) is 0.233. The van der Waals surface area contributed by atoms with Gasteiger partial charge in [-0.25, -0.2) is 13.1 Å². The predicted octanol–water partition coefficient (Wildman–Crippen LogP) is 1.68. The van der Waals surface area contributed by atoms with E-state index < -0.39 is 10.0 Å². The van der Waals surface area contributed by atoms with Crippen LogP contribution in [0.25, 0.3) is 0 Å². The number of benzene rings is 1. The lowest BCUT2D eigenvalue weighted by atomic mass is 10.2. The summed E-state index contributed by atoms with van der Waals surface area (Å²) in [5, 5.41) is 9.65. The molecular formula is C13H17BrN4O2S. The number of nitrogens with one attached hydrogen (secondary N) is 3. The number of nitrogens with zero attached hydrogens (tertiary/aromatic N) is 1. The first-order valence-electron chi connectivity index (χ1n) is 6.35. The Kier molecular flexibility index (Phi) is 5.15. The Morgan fingerprint density at radius 1 is 1.33 bits per heavy atom. The molecule has 0 saturated carbocycles. The van der Waals surface area contributed by atoms with Crippen molar-refractivity contribution in [3.63, 3.8) is 0 Å². The van der Waals surface area contributed by atoms with Crippen molar-refractivity contribution in [2.75, 3.05) is 7.05 Å². The average Bonchev–Trinajstić information content (AvgIpc) is 2.84. The summed E-state index contributed by atoms with van der Waals surface area (Å²) < 4.78 is 28.0. The first-order chi connectivity index (χ1) is 9.94. The van der Waals surface area contributed by atoms with E-state index in [1.165, 1.54) is 0 Å². The molecule has 3 N–H and O–H groups in total. The molecule has 0 bridgehead atoms. The van der Waals surface area contributed by atoms with E-state index >= 15 is 0 Å². The van der Waals surface area contributed by atoms with E-state index in [1.807, 2.05) is 20.0 Å². The highest BCUT2D eigenvalue weighted by molar-refractivity contribution is 9.10. The molecule has 0 spiro atoms. The zero-order valence-corrected chi connectivity index (χ0v) is 14.2. The smallest absolute Gasteiger partial charge is 0.242 e. The lowest BCUT2D eigenvalue weighted by molar-refractivity contribution is 0.580. The maximum atomic E-state index is 12.4. The molecule has 0 atom stereocenters. The van der Waals surface area contributed by atoms with Crippen LogP contribution in [0.2, 0.25) is 0 Å². The van der Waals surface area contributed by atoms with Crippen molar-refractivity contribution in [1.82, 2.24) is 20.2 Å². The van der Waals surface area contributed by atoms with Crippen molar-refractivity contribution in [1.29, 1.82) is 0 Å². The van der Waals surface area contributed by atoms with E-state index in [2.05, 4.69) is 36.2 Å². The van der Waals surface area contributed by atoms with Crippen LogP contribution in [-0.2, 0) is 23.1 Å². The normalized spacial score (nSPS) is 11.8. The fraction of sp³-hybridized carbons (Fsp3) is 0.308. The molecule has 21 heavy (non-hydrogen) atoms. The summed E-state index contributed by atoms with van der Waals surface area (Å²) in [7, 11) is -1.78. The van der Waals surface area contributed by atoms with E-state index in [0.717, 1.165) is 16.8 Å². The number of aryl methyl sites for hydroxylation is 1. The van der Waals surface area contributed by atoms with Gasteiger partial charge >= 0.3 is 0 Å². The Hall–Kier alpha value is -1.22. The number of hydrogen-bond donors (Lipinski definition) is 3. The Labute approximate surface area is 132 Å². The monoisotopic (exact) mass is 372 g/mol. The molecule has 0 aliphatic carbocycles. The van der Waals surface area contributed by atoms with Crippen LogP contribution < -0.4 is 10.0 Å². The molecule has 2 aromatic rings. The Morgan fingerprint density at radius 3 is 2.71 bits per heavy atom. The van der Waals surface area contributed by atoms with Crippen molar-refractivity contribution < 1.29 is 8.42 Å². The van der Waals surface area contributed by atoms with Crippen LogP contribution in [-0.4, -0.2) is 25.7 Å². The molecule has 1 aromatic carbocycles. The van der Waals surface area contributed by atoms with E-state index in [1.54, 1.807) is 18.3 Å². The Bertz CT molecular complexity index is 728. The number of hydrogen-bond acceptors (Lipinski definition) is 4. The maximum absolute atomic E-state index is 12.4. The lowest BCUT2D eigenvalue weighted by Gasteiger charge is -2.10. The topological polar surface area (TPSA) is 86.9 Å². The van der Waals surface area contributed by atoms with Crippen LogP contribution in [0.3, 0.4) is 0 Å². The second-order valence-electron chi connectivity index (χ2n) is 4.64. The molecular weight excluding hydrogens is 356 g/mol. The van der Waals surface area contributed by atoms with Crippen molar-refractivity contribution in [2.24, 2.45) is 0 Å². The van der Waals surface area contributed by atoms with Crippen LogP contribution in [0, 0.1) is 6.92 Å². The van der Waals surface area contributed by atoms with Gasteiger partial charge in [-0.3, -0.25) is 5.10 Å². The van der Waals surface area contributed by atoms with Gasteiger partial charge in [-0.2, -0.15) is 5.10 Å².